The standard InChI is InChI=1S/C21H19N3O7/c1-11-5-6-14(7-12(11)2)23-20(26)15(19(25)22-21(23)27)8-13-9-17(30-3)18(31-4)10-16(13)24(28)29/h5-10H,1-4H3,(H,22,25,27)/b15-8-. The third kappa shape index (κ3) is 3.95. The summed E-state index contributed by atoms with van der Waals surface area (Å²) in [6.07, 6.45) is 1.05. The highest BCUT2D eigenvalue weighted by atomic mass is 16.6. The monoisotopic (exact) mass is 425 g/mol. The molecule has 2 aromatic carbocycles. The van der Waals surface area contributed by atoms with Gasteiger partial charge in [-0.15, -0.1) is 0 Å². The lowest BCUT2D eigenvalue weighted by Gasteiger charge is -2.26. The number of imide groups is 2. The zero-order valence-electron chi connectivity index (χ0n) is 17.2. The van der Waals surface area contributed by atoms with Crippen molar-refractivity contribution in [2.24, 2.45) is 0 Å². The van der Waals surface area contributed by atoms with Crippen molar-refractivity contribution in [2.75, 3.05) is 19.1 Å². The Kier molecular flexibility index (Phi) is 5.73. The molecule has 1 fully saturated rings. The van der Waals surface area contributed by atoms with Gasteiger partial charge in [0.15, 0.2) is 11.5 Å². The molecule has 10 heteroatoms. The molecule has 1 aliphatic heterocycles. The van der Waals surface area contributed by atoms with Crippen molar-refractivity contribution in [3.05, 3.63) is 62.7 Å². The number of aryl methyl sites for hydroxylation is 2. The molecule has 0 aromatic heterocycles. The quantitative estimate of drug-likeness (QED) is 0.338. The van der Waals surface area contributed by atoms with Crippen LogP contribution in [0.25, 0.3) is 6.08 Å². The van der Waals surface area contributed by atoms with Crippen molar-refractivity contribution in [1.82, 2.24) is 5.32 Å². The first kappa shape index (κ1) is 21.5. The lowest BCUT2D eigenvalue weighted by Crippen LogP contribution is -2.54. The summed E-state index contributed by atoms with van der Waals surface area (Å²) in [6.45, 7) is 3.70. The highest BCUT2D eigenvalue weighted by molar-refractivity contribution is 6.39. The first-order valence-corrected chi connectivity index (χ1v) is 9.07. The minimum atomic E-state index is -0.959. The largest absolute Gasteiger partial charge is 0.493 e. The van der Waals surface area contributed by atoms with E-state index in [9.17, 15) is 24.5 Å². The fraction of sp³-hybridized carbons (Fsp3) is 0.190. The molecule has 0 atom stereocenters. The van der Waals surface area contributed by atoms with Gasteiger partial charge in [0.2, 0.25) is 0 Å². The second-order valence-electron chi connectivity index (χ2n) is 6.75. The molecule has 1 aliphatic rings. The van der Waals surface area contributed by atoms with Crippen LogP contribution in [0.1, 0.15) is 16.7 Å². The Labute approximate surface area is 177 Å². The molecule has 0 unspecified atom stereocenters. The number of nitro benzene ring substituents is 1. The summed E-state index contributed by atoms with van der Waals surface area (Å²) < 4.78 is 10.2. The third-order valence-corrected chi connectivity index (χ3v) is 4.88. The highest BCUT2D eigenvalue weighted by Gasteiger charge is 2.37. The number of rotatable bonds is 5. The van der Waals surface area contributed by atoms with E-state index in [0.717, 1.165) is 28.2 Å². The van der Waals surface area contributed by atoms with Crippen LogP contribution in [0.3, 0.4) is 0 Å². The van der Waals surface area contributed by atoms with E-state index in [1.165, 1.54) is 20.3 Å². The number of benzene rings is 2. The molecule has 10 nitrogen and oxygen atoms in total. The number of amides is 4. The van der Waals surface area contributed by atoms with Crippen molar-refractivity contribution in [2.45, 2.75) is 13.8 Å². The van der Waals surface area contributed by atoms with Gasteiger partial charge in [0.25, 0.3) is 17.5 Å². The zero-order valence-corrected chi connectivity index (χ0v) is 17.2. The van der Waals surface area contributed by atoms with Crippen LogP contribution in [0.15, 0.2) is 35.9 Å². The molecule has 0 saturated carbocycles. The molecule has 1 heterocycles. The number of hydrogen-bond donors (Lipinski definition) is 1. The van der Waals surface area contributed by atoms with Gasteiger partial charge in [-0.1, -0.05) is 6.07 Å². The molecule has 3 rings (SSSR count). The van der Waals surface area contributed by atoms with Gasteiger partial charge in [0.1, 0.15) is 5.57 Å². The van der Waals surface area contributed by atoms with Crippen molar-refractivity contribution in [3.8, 4) is 11.5 Å². The Morgan fingerprint density at radius 3 is 2.23 bits per heavy atom. The Balaban J connectivity index is 2.14. The highest BCUT2D eigenvalue weighted by Crippen LogP contribution is 2.36. The summed E-state index contributed by atoms with van der Waals surface area (Å²) in [5, 5.41) is 13.6. The number of anilines is 1. The van der Waals surface area contributed by atoms with E-state index in [2.05, 4.69) is 5.32 Å². The molecular formula is C21H19N3O7. The number of nitro groups is 1. The van der Waals surface area contributed by atoms with Gasteiger partial charge in [-0.2, -0.15) is 0 Å². The van der Waals surface area contributed by atoms with Gasteiger partial charge < -0.3 is 9.47 Å². The molecule has 1 N–H and O–H groups in total. The number of hydrogen-bond acceptors (Lipinski definition) is 7. The van der Waals surface area contributed by atoms with Gasteiger partial charge in [-0.3, -0.25) is 25.0 Å². The second kappa shape index (κ2) is 8.27. The number of barbiturate groups is 1. The van der Waals surface area contributed by atoms with Crippen LogP contribution in [-0.4, -0.2) is 37.0 Å². The van der Waals surface area contributed by atoms with E-state index in [0.29, 0.717) is 0 Å². The molecule has 0 spiro atoms. The minimum absolute atomic E-state index is 0.0597. The molecule has 0 bridgehead atoms. The predicted molar refractivity (Wildman–Crippen MR) is 111 cm³/mol. The Hall–Kier alpha value is -4.21. The second-order valence-corrected chi connectivity index (χ2v) is 6.75. The summed E-state index contributed by atoms with van der Waals surface area (Å²) >= 11 is 0. The van der Waals surface area contributed by atoms with E-state index in [1.807, 2.05) is 13.8 Å². The minimum Gasteiger partial charge on any atom is -0.493 e. The van der Waals surface area contributed by atoms with Gasteiger partial charge >= 0.3 is 6.03 Å². The number of methoxy groups -OCH3 is 2. The summed E-state index contributed by atoms with van der Waals surface area (Å²) in [5.41, 5.74) is 1.17. The Bertz CT molecular complexity index is 1150. The number of carbonyl (C=O) groups excluding carboxylic acids is 3. The molecule has 0 radical (unpaired) electrons. The maximum atomic E-state index is 13.1. The SMILES string of the molecule is COc1cc(/C=C2/C(=O)NC(=O)N(c3ccc(C)c(C)c3)C2=O)c([N+](=O)[O-])cc1OC. The van der Waals surface area contributed by atoms with E-state index in [4.69, 9.17) is 9.47 Å². The van der Waals surface area contributed by atoms with Gasteiger partial charge in [0.05, 0.1) is 36.5 Å². The Morgan fingerprint density at radius 1 is 1.00 bits per heavy atom. The van der Waals surface area contributed by atoms with Crippen molar-refractivity contribution >= 4 is 35.3 Å². The number of nitrogens with one attached hydrogen (secondary N) is 1. The molecule has 2 aromatic rings. The predicted octanol–water partition coefficient (Wildman–Crippen LogP) is 2.90. The number of urea groups is 1. The maximum Gasteiger partial charge on any atom is 0.335 e. The van der Waals surface area contributed by atoms with Crippen LogP contribution in [-0.2, 0) is 9.59 Å². The van der Waals surface area contributed by atoms with E-state index in [-0.39, 0.29) is 22.7 Å². The third-order valence-electron chi connectivity index (χ3n) is 4.88. The van der Waals surface area contributed by atoms with Crippen molar-refractivity contribution < 1.29 is 28.8 Å². The first-order chi connectivity index (χ1) is 14.7. The number of carbonyl (C=O) groups is 3. The van der Waals surface area contributed by atoms with Crippen LogP contribution in [0.5, 0.6) is 11.5 Å². The van der Waals surface area contributed by atoms with Gasteiger partial charge in [-0.05, 0) is 49.2 Å². The molecule has 160 valence electrons. The zero-order chi connectivity index (χ0) is 22.9. The van der Waals surface area contributed by atoms with Crippen LogP contribution in [0.4, 0.5) is 16.2 Å². The average Bonchev–Trinajstić information content (AvgIpc) is 2.72. The summed E-state index contributed by atoms with van der Waals surface area (Å²) in [7, 11) is 2.67. The van der Waals surface area contributed by atoms with Gasteiger partial charge in [-0.25, -0.2) is 9.69 Å². The molecule has 4 amide bonds. The van der Waals surface area contributed by atoms with E-state index >= 15 is 0 Å². The van der Waals surface area contributed by atoms with Gasteiger partial charge in [0, 0.05) is 0 Å². The summed E-state index contributed by atoms with van der Waals surface area (Å²) in [4.78, 5) is 49.5. The fourth-order valence-electron chi connectivity index (χ4n) is 3.07. The van der Waals surface area contributed by atoms with Crippen LogP contribution < -0.4 is 19.7 Å². The molecule has 0 aliphatic carbocycles. The average molecular weight is 425 g/mol. The number of nitrogens with zero attached hydrogens (tertiary/aromatic N) is 2. The lowest BCUT2D eigenvalue weighted by atomic mass is 10.0. The topological polar surface area (TPSA) is 128 Å². The number of ether oxygens (including phenoxy) is 2. The van der Waals surface area contributed by atoms with Crippen LogP contribution in [0.2, 0.25) is 0 Å². The summed E-state index contributed by atoms with van der Waals surface area (Å²) in [6, 6.07) is 6.46. The maximum absolute atomic E-state index is 13.1. The first-order valence-electron chi connectivity index (χ1n) is 9.07. The van der Waals surface area contributed by atoms with Crippen LogP contribution in [0, 0.1) is 24.0 Å². The molecule has 31 heavy (non-hydrogen) atoms. The van der Waals surface area contributed by atoms with Crippen LogP contribution >= 0.6 is 0 Å². The van der Waals surface area contributed by atoms with Crippen molar-refractivity contribution in [3.63, 3.8) is 0 Å². The summed E-state index contributed by atoms with van der Waals surface area (Å²) in [5.74, 6) is -1.58. The Morgan fingerprint density at radius 2 is 1.65 bits per heavy atom. The lowest BCUT2D eigenvalue weighted by molar-refractivity contribution is -0.385. The smallest absolute Gasteiger partial charge is 0.335 e. The fourth-order valence-corrected chi connectivity index (χ4v) is 3.07. The molecular weight excluding hydrogens is 406 g/mol. The molecule has 1 saturated heterocycles. The van der Waals surface area contributed by atoms with E-state index in [1.54, 1.807) is 18.2 Å². The normalized spacial score (nSPS) is 15.2. The van der Waals surface area contributed by atoms with Crippen molar-refractivity contribution in [1.29, 1.82) is 0 Å². The van der Waals surface area contributed by atoms with E-state index < -0.39 is 34.0 Å².